The molecule has 0 radical (unpaired) electrons. The van der Waals surface area contributed by atoms with Gasteiger partial charge in [0.25, 0.3) is 0 Å². The Labute approximate surface area is 117 Å². The summed E-state index contributed by atoms with van der Waals surface area (Å²) >= 11 is 0. The molecule has 5 nitrogen and oxygen atoms in total. The summed E-state index contributed by atoms with van der Waals surface area (Å²) in [7, 11) is 0. The molecule has 20 heavy (non-hydrogen) atoms. The zero-order valence-corrected chi connectivity index (χ0v) is 11.7. The third-order valence-electron chi connectivity index (χ3n) is 6.10. The predicted octanol–water partition coefficient (Wildman–Crippen LogP) is 0.249. The molecular formula is C15H20O5. The molecule has 9 atom stereocenters. The summed E-state index contributed by atoms with van der Waals surface area (Å²) in [5.41, 5.74) is -0.325. The van der Waals surface area contributed by atoms with Gasteiger partial charge in [-0.25, -0.2) is 4.79 Å². The van der Waals surface area contributed by atoms with Crippen molar-refractivity contribution in [1.82, 2.24) is 0 Å². The Morgan fingerprint density at radius 1 is 1.30 bits per heavy atom. The maximum absolute atomic E-state index is 11.7. The molecule has 0 spiro atoms. The number of aliphatic hydroxyl groups is 2. The first kappa shape index (κ1) is 12.8. The number of carbonyl (C=O) groups excluding carboxylic acids is 1. The minimum atomic E-state index is -0.826. The Balaban J connectivity index is 1.79. The fourth-order valence-corrected chi connectivity index (χ4v) is 5.03. The topological polar surface area (TPSA) is 79.3 Å². The van der Waals surface area contributed by atoms with Crippen LogP contribution in [-0.4, -0.2) is 46.7 Å². The third-order valence-corrected chi connectivity index (χ3v) is 6.10. The van der Waals surface area contributed by atoms with E-state index in [-0.39, 0.29) is 30.1 Å². The van der Waals surface area contributed by atoms with Crippen molar-refractivity contribution < 1.29 is 24.5 Å². The van der Waals surface area contributed by atoms with E-state index in [1.54, 1.807) is 0 Å². The number of carbonyl (C=O) groups is 1. The zero-order chi connectivity index (χ0) is 14.4. The van der Waals surface area contributed by atoms with Crippen LogP contribution in [-0.2, 0) is 14.3 Å². The van der Waals surface area contributed by atoms with Crippen LogP contribution in [0.3, 0.4) is 0 Å². The second-order valence-electron chi connectivity index (χ2n) is 7.05. The minimum absolute atomic E-state index is 0.0300. The van der Waals surface area contributed by atoms with E-state index in [1.165, 1.54) is 0 Å². The first-order valence-electron chi connectivity index (χ1n) is 7.28. The summed E-state index contributed by atoms with van der Waals surface area (Å²) < 4.78 is 10.9. The number of epoxide rings is 1. The molecule has 0 unspecified atom stereocenters. The highest BCUT2D eigenvalue weighted by molar-refractivity contribution is 5.91. The van der Waals surface area contributed by atoms with Crippen LogP contribution in [0.2, 0.25) is 0 Å². The lowest BCUT2D eigenvalue weighted by Gasteiger charge is -2.42. The molecule has 2 saturated carbocycles. The normalized spacial score (nSPS) is 60.4. The van der Waals surface area contributed by atoms with Crippen LogP contribution in [0.25, 0.3) is 0 Å². The average molecular weight is 280 g/mol. The Kier molecular flexibility index (Phi) is 2.33. The summed E-state index contributed by atoms with van der Waals surface area (Å²) in [4.78, 5) is 11.7. The van der Waals surface area contributed by atoms with Gasteiger partial charge in [-0.1, -0.05) is 20.4 Å². The van der Waals surface area contributed by atoms with E-state index in [9.17, 15) is 15.0 Å². The van der Waals surface area contributed by atoms with E-state index >= 15 is 0 Å². The highest BCUT2D eigenvalue weighted by Gasteiger charge is 2.73. The molecule has 0 aromatic heterocycles. The molecule has 2 N–H and O–H groups in total. The van der Waals surface area contributed by atoms with E-state index in [0.717, 1.165) is 0 Å². The zero-order valence-electron chi connectivity index (χ0n) is 11.7. The van der Waals surface area contributed by atoms with Crippen molar-refractivity contribution in [3.05, 3.63) is 12.2 Å². The predicted molar refractivity (Wildman–Crippen MR) is 68.6 cm³/mol. The third kappa shape index (κ3) is 1.27. The molecule has 2 heterocycles. The number of hydrogen-bond donors (Lipinski definition) is 2. The first-order chi connectivity index (χ1) is 9.37. The Hall–Kier alpha value is -0.910. The molecule has 5 heteroatoms. The molecule has 2 aliphatic carbocycles. The molecule has 110 valence electrons. The van der Waals surface area contributed by atoms with Crippen LogP contribution in [0, 0.1) is 23.2 Å². The summed E-state index contributed by atoms with van der Waals surface area (Å²) in [6, 6.07) is 0. The summed E-state index contributed by atoms with van der Waals surface area (Å²) in [6.45, 7) is 7.79. The fourth-order valence-electron chi connectivity index (χ4n) is 5.03. The number of hydrogen-bond acceptors (Lipinski definition) is 5. The van der Waals surface area contributed by atoms with Crippen molar-refractivity contribution in [2.45, 2.75) is 50.8 Å². The van der Waals surface area contributed by atoms with Crippen LogP contribution in [0.15, 0.2) is 12.2 Å². The lowest BCUT2D eigenvalue weighted by molar-refractivity contribution is -0.140. The maximum Gasteiger partial charge on any atom is 0.334 e. The van der Waals surface area contributed by atoms with Gasteiger partial charge in [0.2, 0.25) is 0 Å². The standard InChI is InChI=1S/C15H20O5/c1-5-4-7-8(6(2)14(18)19-7)12(16)15(3)9(5)10-11(20-10)13(15)17/h5,7-13,16-17H,2,4H2,1,3H3/t5-,7-,8-,9-,10-,11-,12-,13+,15-/m1/s1. The number of ether oxygens (including phenoxy) is 2. The highest BCUT2D eigenvalue weighted by atomic mass is 16.6. The minimum Gasteiger partial charge on any atom is -0.458 e. The van der Waals surface area contributed by atoms with Crippen molar-refractivity contribution in [3.8, 4) is 0 Å². The van der Waals surface area contributed by atoms with Crippen LogP contribution in [0.4, 0.5) is 0 Å². The molecule has 2 aliphatic heterocycles. The average Bonchev–Trinajstić information content (AvgIpc) is 3.06. The van der Waals surface area contributed by atoms with Gasteiger partial charge >= 0.3 is 5.97 Å². The lowest BCUT2D eigenvalue weighted by Crippen LogP contribution is -2.51. The molecule has 0 bridgehead atoms. The smallest absolute Gasteiger partial charge is 0.334 e. The van der Waals surface area contributed by atoms with Gasteiger partial charge in [-0.15, -0.1) is 0 Å². The van der Waals surface area contributed by atoms with Crippen molar-refractivity contribution in [2.24, 2.45) is 23.2 Å². The maximum atomic E-state index is 11.7. The summed E-state index contributed by atoms with van der Waals surface area (Å²) in [5.74, 6) is -0.514. The van der Waals surface area contributed by atoms with E-state index in [1.807, 2.05) is 6.92 Å². The van der Waals surface area contributed by atoms with Crippen molar-refractivity contribution in [1.29, 1.82) is 0 Å². The Morgan fingerprint density at radius 3 is 2.70 bits per heavy atom. The van der Waals surface area contributed by atoms with Gasteiger partial charge in [-0.3, -0.25) is 0 Å². The highest BCUT2D eigenvalue weighted by Crippen LogP contribution is 2.62. The lowest BCUT2D eigenvalue weighted by atomic mass is 9.66. The van der Waals surface area contributed by atoms with E-state index in [0.29, 0.717) is 12.0 Å². The number of esters is 1. The van der Waals surface area contributed by atoms with Gasteiger partial charge in [0.05, 0.1) is 24.2 Å². The Morgan fingerprint density at radius 2 is 2.00 bits per heavy atom. The van der Waals surface area contributed by atoms with Crippen LogP contribution < -0.4 is 0 Å². The number of aliphatic hydroxyl groups excluding tert-OH is 2. The van der Waals surface area contributed by atoms with E-state index in [4.69, 9.17) is 9.47 Å². The van der Waals surface area contributed by atoms with Crippen molar-refractivity contribution in [2.75, 3.05) is 0 Å². The van der Waals surface area contributed by atoms with Gasteiger partial charge in [-0.2, -0.15) is 0 Å². The van der Waals surface area contributed by atoms with Gasteiger partial charge in [0.1, 0.15) is 12.2 Å². The quantitative estimate of drug-likeness (QED) is 0.378. The van der Waals surface area contributed by atoms with Gasteiger partial charge in [0.15, 0.2) is 0 Å². The molecular weight excluding hydrogens is 260 g/mol. The van der Waals surface area contributed by atoms with Gasteiger partial charge in [0, 0.05) is 16.9 Å². The number of fused-ring (bicyclic) bond motifs is 4. The first-order valence-corrected chi connectivity index (χ1v) is 7.28. The second-order valence-corrected chi connectivity index (χ2v) is 7.05. The van der Waals surface area contributed by atoms with Crippen LogP contribution in [0.5, 0.6) is 0 Å². The molecule has 0 aromatic rings. The summed E-state index contributed by atoms with van der Waals surface area (Å²) in [5, 5.41) is 21.4. The molecule has 2 saturated heterocycles. The Bertz CT molecular complexity index is 502. The largest absolute Gasteiger partial charge is 0.458 e. The molecule has 4 fully saturated rings. The van der Waals surface area contributed by atoms with E-state index in [2.05, 4.69) is 13.5 Å². The molecule has 0 amide bonds. The van der Waals surface area contributed by atoms with Gasteiger partial charge < -0.3 is 19.7 Å². The molecule has 0 aromatic carbocycles. The second kappa shape index (κ2) is 3.64. The SMILES string of the molecule is C=C1C(=O)O[C@@H]2C[C@@H](C)[C@@H]3[C@H]4O[C@H]4[C@H](O)[C@@]3(C)[C@H](O)[C@H]12. The van der Waals surface area contributed by atoms with Crippen LogP contribution >= 0.6 is 0 Å². The van der Waals surface area contributed by atoms with Crippen molar-refractivity contribution in [3.63, 3.8) is 0 Å². The molecule has 4 aliphatic rings. The fraction of sp³-hybridized carbons (Fsp3) is 0.800. The number of rotatable bonds is 0. The van der Waals surface area contributed by atoms with Gasteiger partial charge in [-0.05, 0) is 12.3 Å². The summed E-state index contributed by atoms with van der Waals surface area (Å²) in [6.07, 6.45) is -1.30. The van der Waals surface area contributed by atoms with Crippen molar-refractivity contribution >= 4 is 5.97 Å². The van der Waals surface area contributed by atoms with E-state index < -0.39 is 29.5 Å². The molecule has 4 rings (SSSR count). The monoisotopic (exact) mass is 280 g/mol. The van der Waals surface area contributed by atoms with Crippen LogP contribution in [0.1, 0.15) is 20.3 Å².